The smallest absolute Gasteiger partial charge is 0.140 e. The van der Waals surface area contributed by atoms with Crippen LogP contribution in [0.2, 0.25) is 15.1 Å². The molecule has 0 fully saturated rings. The number of anilines is 1. The third-order valence-corrected chi connectivity index (χ3v) is 3.57. The number of ether oxygens (including phenoxy) is 1. The van der Waals surface area contributed by atoms with Crippen LogP contribution in [0, 0.1) is 0 Å². The standard InChI is InChI=1S/C14H13Cl3N2O/c1-2-18-9-3-4-19-10(5-9)8-20-14-7-12(16)11(15)6-13(14)17/h3-7H,2,8H2,1H3,(H,18,19). The summed E-state index contributed by atoms with van der Waals surface area (Å²) in [5.74, 6) is 0.483. The predicted octanol–water partition coefficient (Wildman–Crippen LogP) is 5.05. The molecule has 2 aromatic rings. The van der Waals surface area contributed by atoms with Crippen LogP contribution < -0.4 is 10.1 Å². The summed E-state index contributed by atoms with van der Waals surface area (Å²) in [6.07, 6.45) is 1.73. The summed E-state index contributed by atoms with van der Waals surface area (Å²) < 4.78 is 5.63. The highest BCUT2D eigenvalue weighted by molar-refractivity contribution is 6.43. The van der Waals surface area contributed by atoms with Crippen molar-refractivity contribution in [3.05, 3.63) is 51.2 Å². The van der Waals surface area contributed by atoms with E-state index in [0.29, 0.717) is 27.4 Å². The molecule has 106 valence electrons. The van der Waals surface area contributed by atoms with Gasteiger partial charge in [0, 0.05) is 24.5 Å². The zero-order valence-electron chi connectivity index (χ0n) is 10.8. The molecule has 1 aromatic carbocycles. The van der Waals surface area contributed by atoms with Crippen molar-refractivity contribution in [1.82, 2.24) is 4.98 Å². The van der Waals surface area contributed by atoms with Gasteiger partial charge in [-0.1, -0.05) is 34.8 Å². The van der Waals surface area contributed by atoms with Gasteiger partial charge in [-0.05, 0) is 25.1 Å². The summed E-state index contributed by atoms with van der Waals surface area (Å²) in [6.45, 7) is 3.19. The molecule has 0 radical (unpaired) electrons. The van der Waals surface area contributed by atoms with Crippen LogP contribution in [0.3, 0.4) is 0 Å². The number of hydrogen-bond donors (Lipinski definition) is 1. The van der Waals surface area contributed by atoms with E-state index in [1.165, 1.54) is 0 Å². The van der Waals surface area contributed by atoms with E-state index in [9.17, 15) is 0 Å². The fourth-order valence-corrected chi connectivity index (χ4v) is 2.23. The van der Waals surface area contributed by atoms with E-state index in [-0.39, 0.29) is 0 Å². The van der Waals surface area contributed by atoms with Gasteiger partial charge in [0.25, 0.3) is 0 Å². The van der Waals surface area contributed by atoms with Crippen molar-refractivity contribution in [3.8, 4) is 5.75 Å². The molecular formula is C14H13Cl3N2O. The van der Waals surface area contributed by atoms with E-state index in [4.69, 9.17) is 39.5 Å². The lowest BCUT2D eigenvalue weighted by molar-refractivity contribution is 0.301. The summed E-state index contributed by atoms with van der Waals surface area (Å²) in [7, 11) is 0. The first-order valence-electron chi connectivity index (χ1n) is 6.06. The molecule has 3 nitrogen and oxygen atoms in total. The molecule has 0 saturated heterocycles. The highest BCUT2D eigenvalue weighted by atomic mass is 35.5. The van der Waals surface area contributed by atoms with Crippen LogP contribution in [0.5, 0.6) is 5.75 Å². The normalized spacial score (nSPS) is 10.4. The van der Waals surface area contributed by atoms with E-state index in [0.717, 1.165) is 17.9 Å². The molecule has 1 aromatic heterocycles. The molecule has 0 bridgehead atoms. The van der Waals surface area contributed by atoms with Crippen LogP contribution in [-0.2, 0) is 6.61 Å². The second-order valence-electron chi connectivity index (χ2n) is 4.05. The van der Waals surface area contributed by atoms with Gasteiger partial charge in [-0.2, -0.15) is 0 Å². The Labute approximate surface area is 132 Å². The molecule has 20 heavy (non-hydrogen) atoms. The maximum absolute atomic E-state index is 6.05. The van der Waals surface area contributed by atoms with Gasteiger partial charge in [0.1, 0.15) is 12.4 Å². The largest absolute Gasteiger partial charge is 0.486 e. The number of benzene rings is 1. The van der Waals surface area contributed by atoms with Crippen LogP contribution in [-0.4, -0.2) is 11.5 Å². The molecular weight excluding hydrogens is 319 g/mol. The molecule has 0 atom stereocenters. The number of halogens is 3. The predicted molar refractivity (Wildman–Crippen MR) is 84.2 cm³/mol. The molecule has 0 aliphatic rings. The van der Waals surface area contributed by atoms with Crippen molar-refractivity contribution < 1.29 is 4.74 Å². The quantitative estimate of drug-likeness (QED) is 0.778. The molecule has 1 heterocycles. The minimum absolute atomic E-state index is 0.302. The van der Waals surface area contributed by atoms with Gasteiger partial charge < -0.3 is 10.1 Å². The lowest BCUT2D eigenvalue weighted by atomic mass is 10.3. The second-order valence-corrected chi connectivity index (χ2v) is 5.27. The molecule has 0 aliphatic heterocycles. The summed E-state index contributed by atoms with van der Waals surface area (Å²) in [5, 5.41) is 4.44. The highest BCUT2D eigenvalue weighted by Gasteiger charge is 2.08. The zero-order chi connectivity index (χ0) is 14.5. The summed E-state index contributed by atoms with van der Waals surface area (Å²) in [4.78, 5) is 4.24. The van der Waals surface area contributed by atoms with Crippen molar-refractivity contribution in [2.24, 2.45) is 0 Å². The third kappa shape index (κ3) is 3.92. The summed E-state index contributed by atoms with van der Waals surface area (Å²) >= 11 is 17.9. The molecule has 2 rings (SSSR count). The Morgan fingerprint density at radius 3 is 2.60 bits per heavy atom. The number of hydrogen-bond acceptors (Lipinski definition) is 3. The molecule has 6 heteroatoms. The number of nitrogens with one attached hydrogen (secondary N) is 1. The Kier molecular flexibility index (Phi) is 5.35. The number of nitrogens with zero attached hydrogens (tertiary/aromatic N) is 1. The van der Waals surface area contributed by atoms with Crippen molar-refractivity contribution in [2.45, 2.75) is 13.5 Å². The Morgan fingerprint density at radius 1 is 1.10 bits per heavy atom. The van der Waals surface area contributed by atoms with Crippen LogP contribution in [0.4, 0.5) is 5.69 Å². The number of pyridine rings is 1. The van der Waals surface area contributed by atoms with E-state index >= 15 is 0 Å². The van der Waals surface area contributed by atoms with Crippen LogP contribution in [0.25, 0.3) is 0 Å². The fourth-order valence-electron chi connectivity index (χ4n) is 1.64. The molecule has 1 N–H and O–H groups in total. The van der Waals surface area contributed by atoms with E-state index in [1.54, 1.807) is 18.3 Å². The third-order valence-electron chi connectivity index (χ3n) is 2.55. The van der Waals surface area contributed by atoms with Crippen molar-refractivity contribution >= 4 is 40.5 Å². The van der Waals surface area contributed by atoms with Crippen molar-refractivity contribution in [1.29, 1.82) is 0 Å². The maximum atomic E-state index is 6.05. The van der Waals surface area contributed by atoms with E-state index in [1.807, 2.05) is 19.1 Å². The number of aromatic nitrogens is 1. The Bertz CT molecular complexity index is 605. The van der Waals surface area contributed by atoms with E-state index < -0.39 is 0 Å². The SMILES string of the molecule is CCNc1ccnc(COc2cc(Cl)c(Cl)cc2Cl)c1. The van der Waals surface area contributed by atoms with Gasteiger partial charge in [0.2, 0.25) is 0 Å². The van der Waals surface area contributed by atoms with Gasteiger partial charge in [-0.3, -0.25) is 4.98 Å². The number of rotatable bonds is 5. The lowest BCUT2D eigenvalue weighted by Crippen LogP contribution is -2.02. The first-order chi connectivity index (χ1) is 9.60. The van der Waals surface area contributed by atoms with Crippen molar-refractivity contribution in [3.63, 3.8) is 0 Å². The van der Waals surface area contributed by atoms with Crippen molar-refractivity contribution in [2.75, 3.05) is 11.9 Å². The molecule has 0 spiro atoms. The molecule has 0 amide bonds. The summed E-state index contributed by atoms with van der Waals surface area (Å²) in [5.41, 5.74) is 1.80. The zero-order valence-corrected chi connectivity index (χ0v) is 13.1. The Balaban J connectivity index is 2.08. The minimum Gasteiger partial charge on any atom is -0.486 e. The minimum atomic E-state index is 0.302. The van der Waals surface area contributed by atoms with Crippen LogP contribution >= 0.6 is 34.8 Å². The van der Waals surface area contributed by atoms with Gasteiger partial charge in [-0.25, -0.2) is 0 Å². The van der Waals surface area contributed by atoms with Gasteiger partial charge in [-0.15, -0.1) is 0 Å². The summed E-state index contributed by atoms with van der Waals surface area (Å²) in [6, 6.07) is 6.98. The lowest BCUT2D eigenvalue weighted by Gasteiger charge is -2.10. The monoisotopic (exact) mass is 330 g/mol. The van der Waals surface area contributed by atoms with Gasteiger partial charge in [0.15, 0.2) is 0 Å². The van der Waals surface area contributed by atoms with Gasteiger partial charge >= 0.3 is 0 Å². The highest BCUT2D eigenvalue weighted by Crippen LogP contribution is 2.34. The Morgan fingerprint density at radius 2 is 1.85 bits per heavy atom. The van der Waals surface area contributed by atoms with Crippen LogP contribution in [0.15, 0.2) is 30.5 Å². The molecule has 0 saturated carbocycles. The van der Waals surface area contributed by atoms with E-state index in [2.05, 4.69) is 10.3 Å². The molecule has 0 unspecified atom stereocenters. The topological polar surface area (TPSA) is 34.2 Å². The fraction of sp³-hybridized carbons (Fsp3) is 0.214. The average Bonchev–Trinajstić information content (AvgIpc) is 2.42. The molecule has 0 aliphatic carbocycles. The first-order valence-corrected chi connectivity index (χ1v) is 7.19. The second kappa shape index (κ2) is 7.02. The Hall–Kier alpha value is -1.16. The average molecular weight is 332 g/mol. The first kappa shape index (κ1) is 15.2. The maximum Gasteiger partial charge on any atom is 0.140 e. The van der Waals surface area contributed by atoms with Gasteiger partial charge in [0.05, 0.1) is 20.8 Å². The van der Waals surface area contributed by atoms with Crippen LogP contribution in [0.1, 0.15) is 12.6 Å².